The molecule has 3 rings (SSSR count). The Labute approximate surface area is 141 Å². The lowest BCUT2D eigenvalue weighted by molar-refractivity contribution is 0.415. The normalized spacial score (nSPS) is 10.6. The van der Waals surface area contributed by atoms with E-state index in [4.69, 9.17) is 4.74 Å². The van der Waals surface area contributed by atoms with Crippen LogP contribution >= 0.6 is 0 Å². The number of aromatic nitrogens is 3. The topological polar surface area (TPSA) is 72.0 Å². The second-order valence-corrected chi connectivity index (χ2v) is 5.56. The summed E-state index contributed by atoms with van der Waals surface area (Å²) in [7, 11) is 1.65. The van der Waals surface area contributed by atoms with Gasteiger partial charge < -0.3 is 15.4 Å². The van der Waals surface area contributed by atoms with Gasteiger partial charge in [0.2, 0.25) is 5.95 Å². The molecule has 0 saturated heterocycles. The minimum atomic E-state index is 0.545. The molecule has 2 aromatic heterocycles. The zero-order chi connectivity index (χ0) is 16.9. The fourth-order valence-electron chi connectivity index (χ4n) is 2.36. The van der Waals surface area contributed by atoms with Crippen molar-refractivity contribution in [3.63, 3.8) is 0 Å². The van der Waals surface area contributed by atoms with Gasteiger partial charge in [-0.2, -0.15) is 4.98 Å². The second kappa shape index (κ2) is 7.12. The molecule has 124 valence electrons. The number of fused-ring (bicyclic) bond motifs is 1. The number of hydrogen-bond acceptors (Lipinski definition) is 6. The molecule has 0 aliphatic heterocycles. The third kappa shape index (κ3) is 3.53. The summed E-state index contributed by atoms with van der Waals surface area (Å²) in [6.45, 7) is 5.00. The Bertz CT molecular complexity index is 850. The van der Waals surface area contributed by atoms with Crippen LogP contribution in [-0.4, -0.2) is 28.6 Å². The van der Waals surface area contributed by atoms with Gasteiger partial charge in [-0.3, -0.25) is 4.98 Å². The van der Waals surface area contributed by atoms with Crippen LogP contribution < -0.4 is 15.4 Å². The first-order valence-electron chi connectivity index (χ1n) is 7.98. The number of anilines is 3. The molecule has 2 N–H and O–H groups in total. The van der Waals surface area contributed by atoms with Crippen molar-refractivity contribution in [3.8, 4) is 5.75 Å². The third-order valence-electron chi connectivity index (χ3n) is 3.66. The van der Waals surface area contributed by atoms with Crippen LogP contribution in [-0.2, 0) is 0 Å². The van der Waals surface area contributed by atoms with Crippen LogP contribution in [0.4, 0.5) is 17.5 Å². The van der Waals surface area contributed by atoms with Crippen molar-refractivity contribution in [2.45, 2.75) is 20.3 Å². The quantitative estimate of drug-likeness (QED) is 0.716. The Morgan fingerprint density at radius 3 is 2.79 bits per heavy atom. The van der Waals surface area contributed by atoms with E-state index in [0.717, 1.165) is 46.7 Å². The molecule has 3 aromatic rings. The van der Waals surface area contributed by atoms with Gasteiger partial charge in [-0.15, -0.1) is 0 Å². The molecule has 2 heterocycles. The average molecular weight is 323 g/mol. The molecule has 6 heteroatoms. The van der Waals surface area contributed by atoms with Crippen LogP contribution in [0.15, 0.2) is 36.7 Å². The van der Waals surface area contributed by atoms with Crippen molar-refractivity contribution in [2.24, 2.45) is 0 Å². The van der Waals surface area contributed by atoms with Crippen molar-refractivity contribution in [2.75, 3.05) is 24.3 Å². The zero-order valence-corrected chi connectivity index (χ0v) is 14.1. The molecule has 24 heavy (non-hydrogen) atoms. The molecule has 0 amide bonds. The maximum atomic E-state index is 5.27. The maximum absolute atomic E-state index is 5.27. The van der Waals surface area contributed by atoms with E-state index in [1.54, 1.807) is 13.3 Å². The standard InChI is InChI=1S/C18H21N5O/c1-4-7-19-17-12(2)10-21-18(23-17)22-14-8-13-9-15(24-3)5-6-16(13)20-11-14/h5-6,8-11H,4,7H2,1-3H3,(H2,19,21,22,23). The van der Waals surface area contributed by atoms with Crippen LogP contribution in [0.25, 0.3) is 10.9 Å². The predicted octanol–water partition coefficient (Wildman–Crippen LogP) is 3.91. The largest absolute Gasteiger partial charge is 0.497 e. The Hall–Kier alpha value is -2.89. The van der Waals surface area contributed by atoms with Crippen molar-refractivity contribution < 1.29 is 4.74 Å². The molecular formula is C18H21N5O. The Balaban J connectivity index is 1.86. The Morgan fingerprint density at radius 1 is 1.12 bits per heavy atom. The number of nitrogens with one attached hydrogen (secondary N) is 2. The summed E-state index contributed by atoms with van der Waals surface area (Å²) < 4.78 is 5.27. The fraction of sp³-hybridized carbons (Fsp3) is 0.278. The highest BCUT2D eigenvalue weighted by molar-refractivity contribution is 5.83. The number of ether oxygens (including phenoxy) is 1. The van der Waals surface area contributed by atoms with Gasteiger partial charge in [0.05, 0.1) is 24.5 Å². The highest BCUT2D eigenvalue weighted by Crippen LogP contribution is 2.23. The van der Waals surface area contributed by atoms with Crippen molar-refractivity contribution in [1.82, 2.24) is 15.0 Å². The Morgan fingerprint density at radius 2 is 2.00 bits per heavy atom. The maximum Gasteiger partial charge on any atom is 0.229 e. The van der Waals surface area contributed by atoms with Crippen molar-refractivity contribution in [3.05, 3.63) is 42.2 Å². The number of rotatable bonds is 6. The van der Waals surface area contributed by atoms with Crippen molar-refractivity contribution in [1.29, 1.82) is 0 Å². The molecule has 0 radical (unpaired) electrons. The highest BCUT2D eigenvalue weighted by atomic mass is 16.5. The van der Waals surface area contributed by atoms with E-state index in [1.165, 1.54) is 0 Å². The van der Waals surface area contributed by atoms with Gasteiger partial charge in [0.25, 0.3) is 0 Å². The van der Waals surface area contributed by atoms with Crippen LogP contribution in [0.2, 0.25) is 0 Å². The number of pyridine rings is 1. The van der Waals surface area contributed by atoms with Gasteiger partial charge in [0, 0.05) is 23.7 Å². The van der Waals surface area contributed by atoms with Gasteiger partial charge in [-0.05, 0) is 37.6 Å². The predicted molar refractivity (Wildman–Crippen MR) is 97.1 cm³/mol. The van der Waals surface area contributed by atoms with Gasteiger partial charge in [0.1, 0.15) is 11.6 Å². The van der Waals surface area contributed by atoms with Crippen LogP contribution in [0.5, 0.6) is 5.75 Å². The highest BCUT2D eigenvalue weighted by Gasteiger charge is 2.05. The summed E-state index contributed by atoms with van der Waals surface area (Å²) in [6, 6.07) is 7.80. The zero-order valence-electron chi connectivity index (χ0n) is 14.1. The molecule has 0 saturated carbocycles. The molecular weight excluding hydrogens is 302 g/mol. The lowest BCUT2D eigenvalue weighted by Crippen LogP contribution is -2.07. The van der Waals surface area contributed by atoms with E-state index in [1.807, 2.05) is 37.4 Å². The third-order valence-corrected chi connectivity index (χ3v) is 3.66. The summed E-state index contributed by atoms with van der Waals surface area (Å²) in [4.78, 5) is 13.3. The van der Waals surface area contributed by atoms with Crippen LogP contribution in [0, 0.1) is 6.92 Å². The summed E-state index contributed by atoms with van der Waals surface area (Å²) in [5, 5.41) is 7.52. The molecule has 0 atom stereocenters. The molecule has 6 nitrogen and oxygen atoms in total. The second-order valence-electron chi connectivity index (χ2n) is 5.56. The number of methoxy groups -OCH3 is 1. The first kappa shape index (κ1) is 16.0. The van der Waals surface area contributed by atoms with Gasteiger partial charge in [-0.25, -0.2) is 4.98 Å². The molecule has 0 unspecified atom stereocenters. The van der Waals surface area contributed by atoms with Crippen LogP contribution in [0.1, 0.15) is 18.9 Å². The molecule has 0 fully saturated rings. The Kier molecular flexibility index (Phi) is 4.74. The fourth-order valence-corrected chi connectivity index (χ4v) is 2.36. The first-order chi connectivity index (χ1) is 11.7. The van der Waals surface area contributed by atoms with E-state index in [2.05, 4.69) is 32.5 Å². The smallest absolute Gasteiger partial charge is 0.229 e. The monoisotopic (exact) mass is 323 g/mol. The van der Waals surface area contributed by atoms with Gasteiger partial charge in [-0.1, -0.05) is 6.92 Å². The minimum absolute atomic E-state index is 0.545. The number of nitrogens with zero attached hydrogens (tertiary/aromatic N) is 3. The summed E-state index contributed by atoms with van der Waals surface area (Å²) >= 11 is 0. The van der Waals surface area contributed by atoms with E-state index in [0.29, 0.717) is 5.95 Å². The lowest BCUT2D eigenvalue weighted by Gasteiger charge is -2.10. The molecule has 1 aromatic carbocycles. The van der Waals surface area contributed by atoms with E-state index >= 15 is 0 Å². The van der Waals surface area contributed by atoms with E-state index in [-0.39, 0.29) is 0 Å². The summed E-state index contributed by atoms with van der Waals surface area (Å²) in [5.74, 6) is 2.20. The number of aryl methyl sites for hydroxylation is 1. The minimum Gasteiger partial charge on any atom is -0.497 e. The number of hydrogen-bond donors (Lipinski definition) is 2. The van der Waals surface area contributed by atoms with E-state index < -0.39 is 0 Å². The molecule has 0 bridgehead atoms. The lowest BCUT2D eigenvalue weighted by atomic mass is 10.2. The van der Waals surface area contributed by atoms with Gasteiger partial charge in [0.15, 0.2) is 0 Å². The molecule has 0 spiro atoms. The SMILES string of the molecule is CCCNc1nc(Nc2cnc3ccc(OC)cc3c2)ncc1C. The van der Waals surface area contributed by atoms with Gasteiger partial charge >= 0.3 is 0 Å². The molecule has 0 aliphatic carbocycles. The molecule has 0 aliphatic rings. The summed E-state index contributed by atoms with van der Waals surface area (Å²) in [6.07, 6.45) is 4.63. The number of benzene rings is 1. The van der Waals surface area contributed by atoms with E-state index in [9.17, 15) is 0 Å². The first-order valence-corrected chi connectivity index (χ1v) is 7.98. The summed E-state index contributed by atoms with van der Waals surface area (Å²) in [5.41, 5.74) is 2.77. The van der Waals surface area contributed by atoms with Crippen molar-refractivity contribution >= 4 is 28.4 Å². The van der Waals surface area contributed by atoms with Crippen LogP contribution in [0.3, 0.4) is 0 Å². The average Bonchev–Trinajstić information content (AvgIpc) is 2.61.